The number of primary amides is 1. The number of piperidine rings is 1. The van der Waals surface area contributed by atoms with Crippen LogP contribution in [0.5, 0.6) is 11.5 Å². The minimum Gasteiger partial charge on any atom is -0.444 e. The van der Waals surface area contributed by atoms with Gasteiger partial charge in [-0.3, -0.25) is 9.69 Å². The Morgan fingerprint density at radius 3 is 2.62 bits per heavy atom. The lowest BCUT2D eigenvalue weighted by Crippen LogP contribution is -2.35. The Morgan fingerprint density at radius 2 is 1.93 bits per heavy atom. The molecule has 45 heavy (non-hydrogen) atoms. The number of nitrogens with two attached hydrogens (primary N) is 2. The van der Waals surface area contributed by atoms with Gasteiger partial charge in [-0.15, -0.1) is 0 Å². The molecule has 12 nitrogen and oxygen atoms in total. The van der Waals surface area contributed by atoms with Crippen LogP contribution in [0.15, 0.2) is 53.8 Å². The number of hydrogen-bond donors (Lipinski definition) is 3. The van der Waals surface area contributed by atoms with Crippen molar-refractivity contribution in [3.8, 4) is 11.5 Å². The van der Waals surface area contributed by atoms with Gasteiger partial charge in [0.25, 0.3) is 5.79 Å². The molecule has 2 aromatic carbocycles. The van der Waals surface area contributed by atoms with Crippen molar-refractivity contribution in [2.24, 2.45) is 16.6 Å². The summed E-state index contributed by atoms with van der Waals surface area (Å²) in [5.41, 5.74) is 14.3. The Labute approximate surface area is 258 Å². The van der Waals surface area contributed by atoms with Crippen molar-refractivity contribution in [1.29, 1.82) is 0 Å². The highest BCUT2D eigenvalue weighted by molar-refractivity contribution is 5.98. The lowest BCUT2D eigenvalue weighted by atomic mass is 9.88. The highest BCUT2D eigenvalue weighted by Gasteiger charge is 2.43. The number of likely N-dealkylation sites (tertiary alicyclic amines) is 1. The molecule has 0 spiro atoms. The van der Waals surface area contributed by atoms with E-state index in [0.717, 1.165) is 62.1 Å². The van der Waals surface area contributed by atoms with Crippen LogP contribution < -0.4 is 20.9 Å². The normalized spacial score (nSPS) is 22.1. The van der Waals surface area contributed by atoms with Crippen molar-refractivity contribution in [2.75, 3.05) is 19.7 Å². The molecule has 3 aliphatic heterocycles. The highest BCUT2D eigenvalue weighted by atomic mass is 19.1. The minimum atomic E-state index is -1.38. The van der Waals surface area contributed by atoms with Gasteiger partial charge in [0.1, 0.15) is 17.2 Å². The molecule has 5 heterocycles. The van der Waals surface area contributed by atoms with Crippen LogP contribution in [0, 0.1) is 5.82 Å². The van der Waals surface area contributed by atoms with Gasteiger partial charge < -0.3 is 35.5 Å². The number of amidine groups is 1. The largest absolute Gasteiger partial charge is 0.444 e. The maximum Gasteiger partial charge on any atom is 0.278 e. The Bertz CT molecular complexity index is 1820. The van der Waals surface area contributed by atoms with E-state index in [9.17, 15) is 4.79 Å². The molecule has 2 saturated heterocycles. The monoisotopic (exact) mass is 615 g/mol. The van der Waals surface area contributed by atoms with E-state index < -0.39 is 17.5 Å². The summed E-state index contributed by atoms with van der Waals surface area (Å²) in [4.78, 5) is 23.4. The average Bonchev–Trinajstić information content (AvgIpc) is 3.54. The second-order valence-electron chi connectivity index (χ2n) is 11.9. The number of benzene rings is 2. The van der Waals surface area contributed by atoms with Crippen molar-refractivity contribution in [3.05, 3.63) is 82.6 Å². The molecule has 1 unspecified atom stereocenters. The first-order valence-corrected chi connectivity index (χ1v) is 15.0. The van der Waals surface area contributed by atoms with Crippen LogP contribution in [0.3, 0.4) is 0 Å². The van der Waals surface area contributed by atoms with Crippen molar-refractivity contribution in [3.63, 3.8) is 0 Å². The van der Waals surface area contributed by atoms with E-state index >= 15 is 4.39 Å². The molecule has 0 bridgehead atoms. The maximum absolute atomic E-state index is 15.1. The molecule has 234 valence electrons. The van der Waals surface area contributed by atoms with E-state index in [1.165, 1.54) is 12.1 Å². The number of carbonyl (C=O) groups is 1. The molecule has 4 aromatic rings. The highest BCUT2D eigenvalue weighted by Crippen LogP contribution is 2.49. The fraction of sp³-hybridized carbons (Fsp3) is 0.375. The van der Waals surface area contributed by atoms with Crippen LogP contribution >= 0.6 is 0 Å². The number of amides is 1. The number of oxime groups is 1. The summed E-state index contributed by atoms with van der Waals surface area (Å²) >= 11 is 0. The number of nitrogens with zero attached hydrogens (tertiary/aromatic N) is 5. The SMILES string of the molecule is CC1(c2ccc(C(N)=O)cc2F)Oc2cccc(C3CCN(Cc4nc5cc(C(N)=NO)cnc5n4C[C@@H]4CCO4)CC3)c2O1. The summed E-state index contributed by atoms with van der Waals surface area (Å²) in [6.45, 7) is 5.40. The number of rotatable bonds is 8. The molecule has 2 atom stereocenters. The van der Waals surface area contributed by atoms with Crippen LogP contribution in [0.25, 0.3) is 11.2 Å². The van der Waals surface area contributed by atoms with Gasteiger partial charge >= 0.3 is 0 Å². The number of para-hydroxylation sites is 1. The predicted molar refractivity (Wildman–Crippen MR) is 162 cm³/mol. The number of pyridine rings is 1. The van der Waals surface area contributed by atoms with Gasteiger partial charge in [0.05, 0.1) is 24.8 Å². The number of halogens is 1. The summed E-state index contributed by atoms with van der Waals surface area (Å²) in [6.07, 6.45) is 4.47. The van der Waals surface area contributed by atoms with Crippen LogP contribution in [0.1, 0.15) is 65.0 Å². The lowest BCUT2D eigenvalue weighted by molar-refractivity contribution is -0.0712. The van der Waals surface area contributed by atoms with Crippen molar-refractivity contribution < 1.29 is 28.6 Å². The minimum absolute atomic E-state index is 0.0156. The summed E-state index contributed by atoms with van der Waals surface area (Å²) in [6, 6.07) is 11.7. The van der Waals surface area contributed by atoms with E-state index in [-0.39, 0.29) is 29.0 Å². The van der Waals surface area contributed by atoms with Gasteiger partial charge in [0.2, 0.25) is 5.91 Å². The molecular formula is C32H34FN7O5. The number of carbonyl (C=O) groups excluding carboxylic acids is 1. The number of fused-ring (bicyclic) bond motifs is 2. The van der Waals surface area contributed by atoms with Crippen LogP contribution in [0.2, 0.25) is 0 Å². The molecule has 13 heteroatoms. The van der Waals surface area contributed by atoms with Gasteiger partial charge in [0.15, 0.2) is 23.0 Å². The third-order valence-corrected chi connectivity index (χ3v) is 8.99. The fourth-order valence-corrected chi connectivity index (χ4v) is 6.42. The molecule has 2 fully saturated rings. The Hall–Kier alpha value is -4.75. The quantitative estimate of drug-likeness (QED) is 0.116. The Morgan fingerprint density at radius 1 is 1.13 bits per heavy atom. The van der Waals surface area contributed by atoms with E-state index in [1.54, 1.807) is 19.2 Å². The second-order valence-corrected chi connectivity index (χ2v) is 11.9. The van der Waals surface area contributed by atoms with Crippen molar-refractivity contribution in [1.82, 2.24) is 19.4 Å². The van der Waals surface area contributed by atoms with E-state index in [0.29, 0.717) is 35.7 Å². The maximum atomic E-state index is 15.1. The molecule has 7 rings (SSSR count). The van der Waals surface area contributed by atoms with Gasteiger partial charge in [-0.25, -0.2) is 14.4 Å². The molecule has 5 N–H and O–H groups in total. The first-order valence-electron chi connectivity index (χ1n) is 15.0. The summed E-state index contributed by atoms with van der Waals surface area (Å²) < 4.78 is 35.4. The van der Waals surface area contributed by atoms with Crippen LogP contribution in [0.4, 0.5) is 4.39 Å². The standard InChI is InChI=1S/C32H34FN7O5/c1-32(23-6-5-19(30(35)41)13-24(23)33)44-26-4-2-3-22(28(26)45-32)18-7-10-39(11-8-18)17-27-37-25-14-20(29(34)38-42)15-36-31(25)40(27)16-21-9-12-43-21/h2-6,13-15,18,21,42H,7-12,16-17H2,1H3,(H2,34,38)(H2,35,41)/t21-,32?/m0/s1. The van der Waals surface area contributed by atoms with Crippen LogP contribution in [-0.2, 0) is 23.6 Å². The number of imidazole rings is 1. The number of ether oxygens (including phenoxy) is 3. The average molecular weight is 616 g/mol. The molecule has 0 aliphatic carbocycles. The molecule has 3 aliphatic rings. The van der Waals surface area contributed by atoms with Gasteiger partial charge in [0, 0.05) is 36.4 Å². The first-order chi connectivity index (χ1) is 21.7. The van der Waals surface area contributed by atoms with E-state index in [1.807, 2.05) is 18.2 Å². The van der Waals surface area contributed by atoms with Gasteiger partial charge in [-0.1, -0.05) is 17.3 Å². The smallest absolute Gasteiger partial charge is 0.278 e. The van der Waals surface area contributed by atoms with E-state index in [4.69, 9.17) is 35.9 Å². The fourth-order valence-electron chi connectivity index (χ4n) is 6.42. The lowest BCUT2D eigenvalue weighted by Gasteiger charge is -2.33. The Kier molecular flexibility index (Phi) is 7.29. The van der Waals surface area contributed by atoms with Gasteiger partial charge in [-0.05, 0) is 68.6 Å². The topological polar surface area (TPSA) is 163 Å². The molecular weight excluding hydrogens is 581 g/mol. The zero-order valence-corrected chi connectivity index (χ0v) is 24.8. The molecule has 1 amide bonds. The molecule has 2 aromatic heterocycles. The zero-order chi connectivity index (χ0) is 31.3. The van der Waals surface area contributed by atoms with Crippen molar-refractivity contribution in [2.45, 2.75) is 57.1 Å². The summed E-state index contributed by atoms with van der Waals surface area (Å²) in [5, 5.41) is 12.2. The third kappa shape index (κ3) is 5.31. The Balaban J connectivity index is 1.07. The third-order valence-electron chi connectivity index (χ3n) is 8.99. The van der Waals surface area contributed by atoms with Crippen molar-refractivity contribution >= 4 is 22.9 Å². The number of hydrogen-bond acceptors (Lipinski definition) is 9. The molecule has 0 saturated carbocycles. The van der Waals surface area contributed by atoms with Crippen LogP contribution in [-0.4, -0.2) is 62.2 Å². The number of aromatic nitrogens is 3. The first kappa shape index (κ1) is 29.0. The molecule has 0 radical (unpaired) electrons. The summed E-state index contributed by atoms with van der Waals surface area (Å²) in [7, 11) is 0. The van der Waals surface area contributed by atoms with E-state index in [2.05, 4.69) is 19.6 Å². The summed E-state index contributed by atoms with van der Waals surface area (Å²) in [5.74, 6) is -0.444. The van der Waals surface area contributed by atoms with Gasteiger partial charge in [-0.2, -0.15) is 0 Å². The second kappa shape index (κ2) is 11.3. The predicted octanol–water partition coefficient (Wildman–Crippen LogP) is 3.58. The zero-order valence-electron chi connectivity index (χ0n) is 24.8.